The molecule has 0 radical (unpaired) electrons. The molecule has 2 aliphatic rings. The fourth-order valence-corrected chi connectivity index (χ4v) is 4.15. The average molecular weight is 301 g/mol. The Morgan fingerprint density at radius 3 is 2.76 bits per heavy atom. The Hall–Kier alpha value is -1.43. The molecule has 2 aliphatic heterocycles. The van der Waals surface area contributed by atoms with Crippen molar-refractivity contribution in [3.63, 3.8) is 0 Å². The van der Waals surface area contributed by atoms with Crippen LogP contribution in [0.25, 0.3) is 10.1 Å². The maximum Gasteiger partial charge on any atom is 0.255 e. The molecule has 0 saturated carbocycles. The van der Waals surface area contributed by atoms with Crippen LogP contribution < -0.4 is 5.32 Å². The Morgan fingerprint density at radius 2 is 1.95 bits per heavy atom. The van der Waals surface area contributed by atoms with Crippen molar-refractivity contribution >= 4 is 27.3 Å². The molecule has 2 saturated heterocycles. The third-order valence-electron chi connectivity index (χ3n) is 4.53. The highest BCUT2D eigenvalue weighted by Crippen LogP contribution is 2.28. The molecule has 0 unspecified atom stereocenters. The van der Waals surface area contributed by atoms with Gasteiger partial charge in [-0.25, -0.2) is 0 Å². The first-order valence-corrected chi connectivity index (χ1v) is 8.41. The van der Waals surface area contributed by atoms with Crippen molar-refractivity contribution in [2.75, 3.05) is 39.3 Å². The summed E-state index contributed by atoms with van der Waals surface area (Å²) in [5.74, 6) is 0.193. The Kier molecular flexibility index (Phi) is 3.41. The van der Waals surface area contributed by atoms with Crippen LogP contribution in [-0.4, -0.2) is 61.0 Å². The second kappa shape index (κ2) is 5.40. The molecule has 5 heteroatoms. The summed E-state index contributed by atoms with van der Waals surface area (Å²) in [5.41, 5.74) is 0.870. The van der Waals surface area contributed by atoms with Crippen molar-refractivity contribution in [1.82, 2.24) is 15.1 Å². The number of benzene rings is 1. The fraction of sp³-hybridized carbons (Fsp3) is 0.438. The number of likely N-dealkylation sites (tertiary alicyclic amines) is 1. The van der Waals surface area contributed by atoms with E-state index in [0.29, 0.717) is 6.04 Å². The Balaban J connectivity index is 1.45. The molecule has 0 bridgehead atoms. The van der Waals surface area contributed by atoms with Crippen molar-refractivity contribution in [3.05, 3.63) is 35.2 Å². The van der Waals surface area contributed by atoms with Crippen molar-refractivity contribution in [2.24, 2.45) is 0 Å². The normalized spacial score (nSPS) is 20.7. The maximum atomic E-state index is 12.6. The molecule has 1 amide bonds. The molecule has 3 heterocycles. The number of hydrogen-bond donors (Lipinski definition) is 1. The molecule has 1 aromatic carbocycles. The van der Waals surface area contributed by atoms with Crippen LogP contribution in [0.15, 0.2) is 29.6 Å². The van der Waals surface area contributed by atoms with E-state index in [1.807, 2.05) is 28.5 Å². The van der Waals surface area contributed by atoms with E-state index in [-0.39, 0.29) is 5.91 Å². The minimum absolute atomic E-state index is 0.193. The van der Waals surface area contributed by atoms with Crippen LogP contribution in [-0.2, 0) is 0 Å². The van der Waals surface area contributed by atoms with Gasteiger partial charge in [-0.1, -0.05) is 18.2 Å². The average Bonchev–Trinajstić information content (AvgIpc) is 2.90. The van der Waals surface area contributed by atoms with Crippen molar-refractivity contribution in [1.29, 1.82) is 0 Å². The fourth-order valence-electron chi connectivity index (χ4n) is 3.21. The summed E-state index contributed by atoms with van der Waals surface area (Å²) in [6.45, 7) is 6.10. The molecular weight excluding hydrogens is 282 g/mol. The van der Waals surface area contributed by atoms with Gasteiger partial charge in [-0.3, -0.25) is 9.69 Å². The maximum absolute atomic E-state index is 12.6. The van der Waals surface area contributed by atoms with Crippen molar-refractivity contribution in [2.45, 2.75) is 6.04 Å². The van der Waals surface area contributed by atoms with Gasteiger partial charge in [0.25, 0.3) is 5.91 Å². The lowest BCUT2D eigenvalue weighted by Gasteiger charge is -2.46. The predicted octanol–water partition coefficient (Wildman–Crippen LogP) is 1.63. The molecule has 1 N–H and O–H groups in total. The van der Waals surface area contributed by atoms with Gasteiger partial charge in [0.2, 0.25) is 0 Å². The third kappa shape index (κ3) is 2.35. The van der Waals surface area contributed by atoms with E-state index in [4.69, 9.17) is 0 Å². The number of rotatable bonds is 2. The number of nitrogens with one attached hydrogen (secondary N) is 1. The highest BCUT2D eigenvalue weighted by atomic mass is 32.1. The highest BCUT2D eigenvalue weighted by molar-refractivity contribution is 7.17. The summed E-state index contributed by atoms with van der Waals surface area (Å²) in [5, 5.41) is 6.47. The van der Waals surface area contributed by atoms with Crippen LogP contribution >= 0.6 is 11.3 Å². The number of piperazine rings is 1. The molecule has 0 spiro atoms. The zero-order valence-corrected chi connectivity index (χ0v) is 12.7. The smallest absolute Gasteiger partial charge is 0.255 e. The van der Waals surface area contributed by atoms with Gasteiger partial charge in [0.05, 0.1) is 5.56 Å². The number of thiophene rings is 1. The summed E-state index contributed by atoms with van der Waals surface area (Å²) >= 11 is 1.66. The van der Waals surface area contributed by atoms with Crippen molar-refractivity contribution in [3.8, 4) is 0 Å². The van der Waals surface area contributed by atoms with Gasteiger partial charge in [0.15, 0.2) is 0 Å². The lowest BCUT2D eigenvalue weighted by Crippen LogP contribution is -2.63. The largest absolute Gasteiger partial charge is 0.335 e. The molecule has 4 nitrogen and oxygen atoms in total. The zero-order valence-electron chi connectivity index (χ0n) is 11.9. The van der Waals surface area contributed by atoms with E-state index < -0.39 is 0 Å². The number of carbonyl (C=O) groups excluding carboxylic acids is 1. The summed E-state index contributed by atoms with van der Waals surface area (Å²) in [4.78, 5) is 17.1. The Bertz CT molecular complexity index is 656. The standard InChI is InChI=1S/C16H19N3OS/c20-16(14-11-21-15-4-2-1-3-13(14)15)19-9-12(10-19)18-7-5-17-6-8-18/h1-4,11-12,17H,5-10H2. The first kappa shape index (κ1) is 13.2. The Labute approximate surface area is 128 Å². The first-order valence-electron chi connectivity index (χ1n) is 7.53. The van der Waals surface area contributed by atoms with Crippen LogP contribution in [0.5, 0.6) is 0 Å². The number of amides is 1. The third-order valence-corrected chi connectivity index (χ3v) is 5.49. The minimum atomic E-state index is 0.193. The van der Waals surface area contributed by atoms with E-state index in [2.05, 4.69) is 16.3 Å². The zero-order chi connectivity index (χ0) is 14.2. The van der Waals surface area contributed by atoms with E-state index >= 15 is 0 Å². The van der Waals surface area contributed by atoms with Crippen LogP contribution in [0.1, 0.15) is 10.4 Å². The van der Waals surface area contributed by atoms with Crippen LogP contribution in [0, 0.1) is 0 Å². The monoisotopic (exact) mass is 301 g/mol. The molecule has 1 aromatic heterocycles. The molecule has 4 rings (SSSR count). The minimum Gasteiger partial charge on any atom is -0.335 e. The first-order chi connectivity index (χ1) is 10.3. The molecule has 2 fully saturated rings. The van der Waals surface area contributed by atoms with Crippen molar-refractivity contribution < 1.29 is 4.79 Å². The number of carbonyl (C=O) groups is 1. The Morgan fingerprint density at radius 1 is 1.19 bits per heavy atom. The topological polar surface area (TPSA) is 35.6 Å². The van der Waals surface area contributed by atoms with Gasteiger partial charge in [0.1, 0.15) is 0 Å². The van der Waals surface area contributed by atoms with Gasteiger partial charge in [0, 0.05) is 60.8 Å². The quantitative estimate of drug-likeness (QED) is 0.916. The molecule has 110 valence electrons. The van der Waals surface area contributed by atoms with E-state index in [1.165, 1.54) is 4.70 Å². The SMILES string of the molecule is O=C(c1csc2ccccc12)N1CC(N2CCNCC2)C1. The van der Waals surface area contributed by atoms with Crippen LogP contribution in [0.3, 0.4) is 0 Å². The van der Waals surface area contributed by atoms with Gasteiger partial charge >= 0.3 is 0 Å². The summed E-state index contributed by atoms with van der Waals surface area (Å²) in [6, 6.07) is 8.71. The van der Waals surface area contributed by atoms with Gasteiger partial charge in [-0.2, -0.15) is 0 Å². The highest BCUT2D eigenvalue weighted by Gasteiger charge is 2.36. The lowest BCUT2D eigenvalue weighted by atomic mass is 10.0. The molecule has 2 aromatic rings. The van der Waals surface area contributed by atoms with Gasteiger partial charge < -0.3 is 10.2 Å². The number of hydrogen-bond acceptors (Lipinski definition) is 4. The van der Waals surface area contributed by atoms with E-state index in [1.54, 1.807) is 11.3 Å². The summed E-state index contributed by atoms with van der Waals surface area (Å²) < 4.78 is 1.19. The van der Waals surface area contributed by atoms with Gasteiger partial charge in [-0.15, -0.1) is 11.3 Å². The number of nitrogens with zero attached hydrogens (tertiary/aromatic N) is 2. The van der Waals surface area contributed by atoms with Gasteiger partial charge in [-0.05, 0) is 6.07 Å². The predicted molar refractivity (Wildman–Crippen MR) is 86.0 cm³/mol. The number of fused-ring (bicyclic) bond motifs is 1. The lowest BCUT2D eigenvalue weighted by molar-refractivity contribution is 0.0229. The molecular formula is C16H19N3OS. The van der Waals surface area contributed by atoms with Crippen LogP contribution in [0.2, 0.25) is 0 Å². The molecule has 21 heavy (non-hydrogen) atoms. The van der Waals surface area contributed by atoms with Crippen LogP contribution in [0.4, 0.5) is 0 Å². The second-order valence-corrected chi connectivity index (χ2v) is 6.71. The van der Waals surface area contributed by atoms with E-state index in [9.17, 15) is 4.79 Å². The van der Waals surface area contributed by atoms with E-state index in [0.717, 1.165) is 50.2 Å². The summed E-state index contributed by atoms with van der Waals surface area (Å²) in [7, 11) is 0. The molecule has 0 aliphatic carbocycles. The second-order valence-electron chi connectivity index (χ2n) is 5.80. The summed E-state index contributed by atoms with van der Waals surface area (Å²) in [6.07, 6.45) is 0. The molecule has 0 atom stereocenters.